The molecular weight excluding hydrogens is 206 g/mol. The van der Waals surface area contributed by atoms with Gasteiger partial charge < -0.3 is 14.4 Å². The van der Waals surface area contributed by atoms with Crippen LogP contribution in [0.25, 0.3) is 0 Å². The molecule has 0 radical (unpaired) electrons. The number of piperidine rings is 1. The lowest BCUT2D eigenvalue weighted by Gasteiger charge is -2.29. The van der Waals surface area contributed by atoms with E-state index in [1.54, 1.807) is 4.90 Å². The van der Waals surface area contributed by atoms with Crippen LogP contribution in [0.3, 0.4) is 0 Å². The normalized spacial score (nSPS) is 21.2. The van der Waals surface area contributed by atoms with Gasteiger partial charge >= 0.3 is 0 Å². The topological polar surface area (TPSA) is 53.7 Å². The molecule has 1 saturated heterocycles. The van der Waals surface area contributed by atoms with Crippen molar-refractivity contribution >= 4 is 5.91 Å². The molecule has 1 atom stereocenters. The number of aliphatic hydroxyl groups is 1. The highest BCUT2D eigenvalue weighted by molar-refractivity contribution is 5.93. The van der Waals surface area contributed by atoms with Crippen LogP contribution in [0.15, 0.2) is 10.5 Å². The first kappa shape index (κ1) is 11.2. The highest BCUT2D eigenvalue weighted by Crippen LogP contribution is 2.18. The second-order valence-electron chi connectivity index (χ2n) is 4.42. The minimum absolute atomic E-state index is 0.107. The number of rotatable bonds is 1. The van der Waals surface area contributed by atoms with Crippen molar-refractivity contribution in [2.24, 2.45) is 0 Å². The highest BCUT2D eigenvalue weighted by atomic mass is 16.4. The summed E-state index contributed by atoms with van der Waals surface area (Å²) >= 11 is 0. The second-order valence-corrected chi connectivity index (χ2v) is 4.42. The van der Waals surface area contributed by atoms with Gasteiger partial charge in [0.05, 0.1) is 6.10 Å². The van der Waals surface area contributed by atoms with Crippen LogP contribution >= 0.6 is 0 Å². The van der Waals surface area contributed by atoms with Gasteiger partial charge in [0.2, 0.25) is 0 Å². The number of carbonyl (C=O) groups is 1. The summed E-state index contributed by atoms with van der Waals surface area (Å²) in [6.07, 6.45) is 1.24. The Morgan fingerprint density at radius 1 is 1.56 bits per heavy atom. The predicted molar refractivity (Wildman–Crippen MR) is 59.3 cm³/mol. The summed E-state index contributed by atoms with van der Waals surface area (Å²) in [6.45, 7) is 4.81. The Morgan fingerprint density at radius 2 is 2.31 bits per heavy atom. The van der Waals surface area contributed by atoms with Gasteiger partial charge in [0.1, 0.15) is 5.76 Å². The fourth-order valence-corrected chi connectivity index (χ4v) is 2.14. The molecule has 4 heteroatoms. The van der Waals surface area contributed by atoms with Crippen LogP contribution in [0.4, 0.5) is 0 Å². The molecular formula is C12H17NO3. The Labute approximate surface area is 94.9 Å². The van der Waals surface area contributed by atoms with Gasteiger partial charge in [-0.1, -0.05) is 0 Å². The van der Waals surface area contributed by atoms with Crippen LogP contribution in [-0.2, 0) is 0 Å². The Balaban J connectivity index is 2.15. The van der Waals surface area contributed by atoms with Crippen molar-refractivity contribution in [2.45, 2.75) is 32.8 Å². The number of hydrogen-bond acceptors (Lipinski definition) is 3. The molecule has 1 aliphatic heterocycles. The van der Waals surface area contributed by atoms with Gasteiger partial charge in [-0.25, -0.2) is 0 Å². The molecule has 0 bridgehead atoms. The van der Waals surface area contributed by atoms with Crippen molar-refractivity contribution < 1.29 is 14.3 Å². The van der Waals surface area contributed by atoms with Gasteiger partial charge in [0, 0.05) is 18.7 Å². The Bertz CT molecular complexity index is 397. The number of likely N-dealkylation sites (tertiary alicyclic amines) is 1. The summed E-state index contributed by atoms with van der Waals surface area (Å²) in [5, 5.41) is 9.53. The van der Waals surface area contributed by atoms with E-state index < -0.39 is 6.10 Å². The lowest BCUT2D eigenvalue weighted by Crippen LogP contribution is -2.42. The minimum Gasteiger partial charge on any atom is -0.456 e. The zero-order chi connectivity index (χ0) is 11.7. The number of aryl methyl sites for hydroxylation is 2. The Hall–Kier alpha value is -1.29. The first-order valence-corrected chi connectivity index (χ1v) is 5.62. The van der Waals surface area contributed by atoms with Crippen LogP contribution in [0.2, 0.25) is 0 Å². The average Bonchev–Trinajstić information content (AvgIpc) is 2.57. The lowest BCUT2D eigenvalue weighted by atomic mass is 10.1. The molecule has 1 unspecified atom stereocenters. The minimum atomic E-state index is -0.394. The maximum Gasteiger partial charge on any atom is 0.289 e. The first-order chi connectivity index (χ1) is 7.58. The molecule has 2 heterocycles. The van der Waals surface area contributed by atoms with Crippen molar-refractivity contribution in [3.8, 4) is 0 Å². The van der Waals surface area contributed by atoms with Gasteiger partial charge in [-0.3, -0.25) is 4.79 Å². The molecule has 0 saturated carbocycles. The van der Waals surface area contributed by atoms with Crippen LogP contribution in [0.1, 0.15) is 34.7 Å². The predicted octanol–water partition coefficient (Wildman–Crippen LogP) is 1.49. The van der Waals surface area contributed by atoms with E-state index in [2.05, 4.69) is 0 Å². The number of β-amino-alcohol motifs (C(OH)–C–C–N with tert-alkyl or cyclic N) is 1. The molecule has 0 spiro atoms. The maximum atomic E-state index is 12.1. The molecule has 1 amide bonds. The maximum absolute atomic E-state index is 12.1. The summed E-state index contributed by atoms with van der Waals surface area (Å²) in [5.74, 6) is 1.05. The van der Waals surface area contributed by atoms with Gasteiger partial charge in [0.15, 0.2) is 5.76 Å². The molecule has 0 aliphatic carbocycles. The van der Waals surface area contributed by atoms with Gasteiger partial charge in [-0.2, -0.15) is 0 Å². The molecule has 1 aliphatic rings. The van der Waals surface area contributed by atoms with E-state index >= 15 is 0 Å². The third-order valence-corrected chi connectivity index (χ3v) is 2.92. The van der Waals surface area contributed by atoms with Crippen LogP contribution < -0.4 is 0 Å². The van der Waals surface area contributed by atoms with Crippen molar-refractivity contribution in [2.75, 3.05) is 13.1 Å². The summed E-state index contributed by atoms with van der Waals surface area (Å²) < 4.78 is 5.39. The lowest BCUT2D eigenvalue weighted by molar-refractivity contribution is 0.0446. The molecule has 2 rings (SSSR count). The van der Waals surface area contributed by atoms with Crippen molar-refractivity contribution in [1.82, 2.24) is 4.90 Å². The Morgan fingerprint density at radius 3 is 2.88 bits per heavy atom. The zero-order valence-electron chi connectivity index (χ0n) is 9.69. The number of furan rings is 1. The fraction of sp³-hybridized carbons (Fsp3) is 0.583. The van der Waals surface area contributed by atoms with Gasteiger partial charge in [-0.05, 0) is 32.8 Å². The molecule has 0 aromatic carbocycles. The standard InChI is InChI=1S/C12H17NO3/c1-8-6-9(2)16-11(8)12(15)13-5-3-4-10(14)7-13/h6,10,14H,3-5,7H2,1-2H3. The third-order valence-electron chi connectivity index (χ3n) is 2.92. The number of aliphatic hydroxyl groups excluding tert-OH is 1. The highest BCUT2D eigenvalue weighted by Gasteiger charge is 2.26. The monoisotopic (exact) mass is 223 g/mol. The molecule has 16 heavy (non-hydrogen) atoms. The third kappa shape index (κ3) is 2.11. The fourth-order valence-electron chi connectivity index (χ4n) is 2.14. The quantitative estimate of drug-likeness (QED) is 0.784. The van der Waals surface area contributed by atoms with Crippen LogP contribution in [-0.4, -0.2) is 35.1 Å². The largest absolute Gasteiger partial charge is 0.456 e. The molecule has 1 aromatic rings. The van der Waals surface area contributed by atoms with E-state index in [1.165, 1.54) is 0 Å². The molecule has 88 valence electrons. The smallest absolute Gasteiger partial charge is 0.289 e. The number of amides is 1. The summed E-state index contributed by atoms with van der Waals surface area (Å²) in [7, 11) is 0. The van der Waals surface area contributed by atoms with Crippen molar-refractivity contribution in [3.63, 3.8) is 0 Å². The summed E-state index contributed by atoms with van der Waals surface area (Å²) in [5.41, 5.74) is 0.863. The van der Waals surface area contributed by atoms with E-state index in [1.807, 2.05) is 19.9 Å². The molecule has 1 fully saturated rings. The van der Waals surface area contributed by atoms with E-state index in [-0.39, 0.29) is 5.91 Å². The van der Waals surface area contributed by atoms with Crippen molar-refractivity contribution in [3.05, 3.63) is 23.2 Å². The van der Waals surface area contributed by atoms with Crippen LogP contribution in [0, 0.1) is 13.8 Å². The zero-order valence-corrected chi connectivity index (χ0v) is 9.69. The SMILES string of the molecule is Cc1cc(C)c(C(=O)N2CCCC(O)C2)o1. The summed E-state index contributed by atoms with van der Waals surface area (Å²) in [4.78, 5) is 13.8. The van der Waals surface area contributed by atoms with Gasteiger partial charge in [0.25, 0.3) is 5.91 Å². The number of carbonyl (C=O) groups excluding carboxylic acids is 1. The Kier molecular flexibility index (Phi) is 3.01. The van der Waals surface area contributed by atoms with Crippen molar-refractivity contribution in [1.29, 1.82) is 0 Å². The molecule has 1 aromatic heterocycles. The second kappa shape index (κ2) is 4.29. The summed E-state index contributed by atoms with van der Waals surface area (Å²) in [6, 6.07) is 1.85. The molecule has 4 nitrogen and oxygen atoms in total. The van der Waals surface area contributed by atoms with E-state index in [0.29, 0.717) is 18.8 Å². The van der Waals surface area contributed by atoms with E-state index in [4.69, 9.17) is 4.42 Å². The first-order valence-electron chi connectivity index (χ1n) is 5.62. The molecule has 1 N–H and O–H groups in total. The average molecular weight is 223 g/mol. The number of hydrogen-bond donors (Lipinski definition) is 1. The number of nitrogens with zero attached hydrogens (tertiary/aromatic N) is 1. The van der Waals surface area contributed by atoms with E-state index in [9.17, 15) is 9.90 Å². The van der Waals surface area contributed by atoms with Gasteiger partial charge in [-0.15, -0.1) is 0 Å². The van der Waals surface area contributed by atoms with E-state index in [0.717, 1.165) is 24.2 Å². The van der Waals surface area contributed by atoms with Crippen LogP contribution in [0.5, 0.6) is 0 Å².